The third-order valence-electron chi connectivity index (χ3n) is 2.77. The van der Waals surface area contributed by atoms with E-state index in [0.29, 0.717) is 25.7 Å². The number of hydrogen-bond donors (Lipinski definition) is 1. The fourth-order valence-corrected chi connectivity index (χ4v) is 2.13. The van der Waals surface area contributed by atoms with Gasteiger partial charge in [-0.05, 0) is 12.1 Å². The number of likely N-dealkylation sites (N-methyl/N-ethyl adjacent to an activating group) is 1. The minimum Gasteiger partial charge on any atom is -0.492 e. The summed E-state index contributed by atoms with van der Waals surface area (Å²) in [5.41, 5.74) is 0. The summed E-state index contributed by atoms with van der Waals surface area (Å²) >= 11 is 0. The van der Waals surface area contributed by atoms with Gasteiger partial charge in [-0.3, -0.25) is 4.99 Å². The van der Waals surface area contributed by atoms with E-state index in [9.17, 15) is 8.42 Å². The Morgan fingerprint density at radius 3 is 2.50 bits per heavy atom. The van der Waals surface area contributed by atoms with E-state index in [-0.39, 0.29) is 29.7 Å². The molecule has 0 spiro atoms. The first kappa shape index (κ1) is 21.0. The highest BCUT2D eigenvalue weighted by Gasteiger charge is 2.07. The molecule has 0 aliphatic heterocycles. The standard InChI is InChI=1S/C14H23N3O3S.HI/c1-15-14(16-9-12-21(3,18)19)17(2)10-11-20-13-7-5-4-6-8-13;/h4-8H,9-12H2,1-3H3,(H,15,16);1H. The molecule has 1 aromatic carbocycles. The second kappa shape index (κ2) is 10.7. The van der Waals surface area contributed by atoms with E-state index in [2.05, 4.69) is 10.3 Å². The van der Waals surface area contributed by atoms with Crippen LogP contribution in [0, 0.1) is 0 Å². The first-order chi connectivity index (χ1) is 9.92. The van der Waals surface area contributed by atoms with Crippen molar-refractivity contribution in [1.82, 2.24) is 10.2 Å². The maximum atomic E-state index is 11.1. The second-order valence-corrected chi connectivity index (χ2v) is 6.95. The fraction of sp³-hybridized carbons (Fsp3) is 0.500. The van der Waals surface area contributed by atoms with Gasteiger partial charge >= 0.3 is 0 Å². The molecule has 0 unspecified atom stereocenters. The number of ether oxygens (including phenoxy) is 1. The van der Waals surface area contributed by atoms with Crippen LogP contribution < -0.4 is 10.1 Å². The lowest BCUT2D eigenvalue weighted by molar-refractivity contribution is 0.281. The first-order valence-electron chi connectivity index (χ1n) is 6.70. The summed E-state index contributed by atoms with van der Waals surface area (Å²) in [4.78, 5) is 6.01. The monoisotopic (exact) mass is 441 g/mol. The van der Waals surface area contributed by atoms with Crippen molar-refractivity contribution in [2.24, 2.45) is 4.99 Å². The summed E-state index contributed by atoms with van der Waals surface area (Å²) in [5.74, 6) is 1.56. The fourth-order valence-electron chi connectivity index (χ4n) is 1.66. The predicted molar refractivity (Wildman–Crippen MR) is 101 cm³/mol. The van der Waals surface area contributed by atoms with Crippen LogP contribution in [0.1, 0.15) is 0 Å². The summed E-state index contributed by atoms with van der Waals surface area (Å²) in [5, 5.41) is 3.02. The number of rotatable bonds is 7. The van der Waals surface area contributed by atoms with Gasteiger partial charge in [0.1, 0.15) is 22.2 Å². The minimum atomic E-state index is -2.97. The van der Waals surface area contributed by atoms with E-state index in [0.717, 1.165) is 5.75 Å². The molecule has 0 heterocycles. The molecule has 8 heteroatoms. The maximum absolute atomic E-state index is 11.1. The molecule has 0 saturated heterocycles. The van der Waals surface area contributed by atoms with Gasteiger partial charge in [0.25, 0.3) is 0 Å². The van der Waals surface area contributed by atoms with E-state index in [1.54, 1.807) is 7.05 Å². The second-order valence-electron chi connectivity index (χ2n) is 4.69. The Morgan fingerprint density at radius 2 is 1.95 bits per heavy atom. The Labute approximate surface area is 149 Å². The van der Waals surface area contributed by atoms with Crippen LogP contribution in [0.15, 0.2) is 35.3 Å². The maximum Gasteiger partial charge on any atom is 0.193 e. The molecule has 22 heavy (non-hydrogen) atoms. The zero-order valence-corrected chi connectivity index (χ0v) is 16.3. The van der Waals surface area contributed by atoms with Crippen LogP contribution in [0.5, 0.6) is 5.75 Å². The molecular formula is C14H24IN3O3S. The third kappa shape index (κ3) is 9.08. The normalized spacial score (nSPS) is 11.5. The van der Waals surface area contributed by atoms with Crippen LogP contribution in [0.2, 0.25) is 0 Å². The lowest BCUT2D eigenvalue weighted by Gasteiger charge is -2.22. The Balaban J connectivity index is 0.00000441. The number of guanidine groups is 1. The number of benzene rings is 1. The molecule has 0 bridgehead atoms. The van der Waals surface area contributed by atoms with E-state index < -0.39 is 9.84 Å². The molecule has 1 rings (SSSR count). The number of sulfone groups is 1. The molecule has 0 radical (unpaired) electrons. The quantitative estimate of drug-likeness (QED) is 0.392. The van der Waals surface area contributed by atoms with Crippen LogP contribution >= 0.6 is 24.0 Å². The van der Waals surface area contributed by atoms with Crippen LogP contribution in [0.25, 0.3) is 0 Å². The molecule has 0 aliphatic carbocycles. The Hall–Kier alpha value is -1.03. The average molecular weight is 441 g/mol. The molecule has 0 saturated carbocycles. The van der Waals surface area contributed by atoms with Crippen LogP contribution in [-0.2, 0) is 9.84 Å². The molecule has 6 nitrogen and oxygen atoms in total. The summed E-state index contributed by atoms with van der Waals surface area (Å²) in [6.45, 7) is 1.51. The molecule has 0 amide bonds. The van der Waals surface area contributed by atoms with E-state index in [1.165, 1.54) is 6.26 Å². The van der Waals surface area contributed by atoms with Gasteiger partial charge in [0, 0.05) is 26.9 Å². The highest BCUT2D eigenvalue weighted by molar-refractivity contribution is 14.0. The Bertz CT molecular complexity index is 550. The zero-order valence-electron chi connectivity index (χ0n) is 13.2. The molecule has 1 N–H and O–H groups in total. The van der Waals surface area contributed by atoms with Gasteiger partial charge in [-0.2, -0.15) is 0 Å². The smallest absolute Gasteiger partial charge is 0.193 e. The predicted octanol–water partition coefficient (Wildman–Crippen LogP) is 1.24. The van der Waals surface area contributed by atoms with E-state index in [1.807, 2.05) is 42.3 Å². The van der Waals surface area contributed by atoms with Crippen molar-refractivity contribution >= 4 is 39.8 Å². The van der Waals surface area contributed by atoms with Crippen molar-refractivity contribution in [2.75, 3.05) is 45.8 Å². The van der Waals surface area contributed by atoms with Crippen molar-refractivity contribution in [1.29, 1.82) is 0 Å². The summed E-state index contributed by atoms with van der Waals surface area (Å²) in [6.07, 6.45) is 1.22. The Kier molecular flexibility index (Phi) is 10.2. The van der Waals surface area contributed by atoms with Crippen molar-refractivity contribution < 1.29 is 13.2 Å². The number of halogens is 1. The van der Waals surface area contributed by atoms with Crippen molar-refractivity contribution in [3.05, 3.63) is 30.3 Å². The SMILES string of the molecule is CN=C(NCCS(C)(=O)=O)N(C)CCOc1ccccc1.I. The molecule has 1 aromatic rings. The highest BCUT2D eigenvalue weighted by atomic mass is 127. The molecule has 0 fully saturated rings. The van der Waals surface area contributed by atoms with Gasteiger partial charge in [-0.15, -0.1) is 24.0 Å². The molecule has 0 atom stereocenters. The van der Waals surface area contributed by atoms with Crippen molar-refractivity contribution in [2.45, 2.75) is 0 Å². The Morgan fingerprint density at radius 1 is 1.32 bits per heavy atom. The number of aliphatic imine (C=N–C) groups is 1. The topological polar surface area (TPSA) is 71.0 Å². The summed E-state index contributed by atoms with van der Waals surface area (Å²) in [6, 6.07) is 9.58. The number of nitrogens with one attached hydrogen (secondary N) is 1. The first-order valence-corrected chi connectivity index (χ1v) is 8.76. The molecular weight excluding hydrogens is 417 g/mol. The van der Waals surface area contributed by atoms with Gasteiger partial charge in [-0.25, -0.2) is 8.42 Å². The highest BCUT2D eigenvalue weighted by Crippen LogP contribution is 2.07. The van der Waals surface area contributed by atoms with Gasteiger partial charge in [0.05, 0.1) is 12.3 Å². The van der Waals surface area contributed by atoms with Gasteiger partial charge in [0.15, 0.2) is 5.96 Å². The van der Waals surface area contributed by atoms with Gasteiger partial charge < -0.3 is 15.0 Å². The van der Waals surface area contributed by atoms with Crippen molar-refractivity contribution in [3.8, 4) is 5.75 Å². The van der Waals surface area contributed by atoms with Gasteiger partial charge in [0.2, 0.25) is 0 Å². The molecule has 0 aliphatic rings. The summed E-state index contributed by atoms with van der Waals surface area (Å²) < 4.78 is 27.8. The van der Waals surface area contributed by atoms with E-state index in [4.69, 9.17) is 4.74 Å². The lowest BCUT2D eigenvalue weighted by Crippen LogP contribution is -2.42. The lowest BCUT2D eigenvalue weighted by atomic mass is 10.3. The van der Waals surface area contributed by atoms with E-state index >= 15 is 0 Å². The minimum absolute atomic E-state index is 0. The van der Waals surface area contributed by atoms with Crippen LogP contribution in [0.3, 0.4) is 0 Å². The number of nitrogens with zero attached hydrogens (tertiary/aromatic N) is 2. The van der Waals surface area contributed by atoms with Crippen LogP contribution in [0.4, 0.5) is 0 Å². The number of hydrogen-bond acceptors (Lipinski definition) is 4. The average Bonchev–Trinajstić information content (AvgIpc) is 2.43. The largest absolute Gasteiger partial charge is 0.492 e. The van der Waals surface area contributed by atoms with Crippen molar-refractivity contribution in [3.63, 3.8) is 0 Å². The number of para-hydroxylation sites is 1. The zero-order chi connectivity index (χ0) is 15.7. The van der Waals surface area contributed by atoms with Gasteiger partial charge in [-0.1, -0.05) is 18.2 Å². The molecule has 0 aromatic heterocycles. The molecule has 126 valence electrons. The summed E-state index contributed by atoms with van der Waals surface area (Å²) in [7, 11) is 0.576. The third-order valence-corrected chi connectivity index (χ3v) is 3.71. The van der Waals surface area contributed by atoms with Crippen LogP contribution in [-0.4, -0.2) is 65.1 Å².